The minimum atomic E-state index is -4.49. The summed E-state index contributed by atoms with van der Waals surface area (Å²) in [6, 6.07) is 11.9. The first kappa shape index (κ1) is 17.0. The van der Waals surface area contributed by atoms with Crippen molar-refractivity contribution < 1.29 is 13.2 Å². The second-order valence-corrected chi connectivity index (χ2v) is 6.28. The van der Waals surface area contributed by atoms with Gasteiger partial charge in [-0.15, -0.1) is 0 Å². The molecule has 1 aromatic heterocycles. The second-order valence-electron chi connectivity index (χ2n) is 6.28. The maximum atomic E-state index is 13.0. The van der Waals surface area contributed by atoms with E-state index in [-0.39, 0.29) is 16.5 Å². The predicted molar refractivity (Wildman–Crippen MR) is 94.7 cm³/mol. The lowest BCUT2D eigenvalue weighted by Crippen LogP contribution is -2.21. The van der Waals surface area contributed by atoms with Gasteiger partial charge >= 0.3 is 6.18 Å². The Balaban J connectivity index is 1.85. The molecule has 1 aliphatic heterocycles. The number of nitrogens with zero attached hydrogens (tertiary/aromatic N) is 3. The molecule has 0 aliphatic carbocycles. The molecule has 0 unspecified atom stereocenters. The Morgan fingerprint density at radius 1 is 1.15 bits per heavy atom. The lowest BCUT2D eigenvalue weighted by Gasteiger charge is -2.09. The van der Waals surface area contributed by atoms with E-state index in [2.05, 4.69) is 4.98 Å². The molecule has 0 spiro atoms. The third kappa shape index (κ3) is 2.99. The summed E-state index contributed by atoms with van der Waals surface area (Å²) in [6.45, 7) is 0.431. The first-order valence-corrected chi connectivity index (χ1v) is 8.20. The molecule has 7 heteroatoms. The number of fused-ring (bicyclic) bond motifs is 2. The second kappa shape index (κ2) is 6.09. The molecule has 0 bridgehead atoms. The number of aromatic nitrogens is 2. The van der Waals surface area contributed by atoms with Gasteiger partial charge in [0, 0.05) is 6.54 Å². The quantitative estimate of drug-likeness (QED) is 0.647. The minimum Gasteiger partial charge on any atom is -0.292 e. The first-order chi connectivity index (χ1) is 12.9. The van der Waals surface area contributed by atoms with Crippen LogP contribution >= 0.6 is 0 Å². The van der Waals surface area contributed by atoms with Crippen molar-refractivity contribution in [3.8, 4) is 6.07 Å². The molecule has 1 aliphatic rings. The Kier molecular flexibility index (Phi) is 3.84. The molecular formula is C20H12F3N3O. The normalized spacial score (nSPS) is 15.1. The smallest absolute Gasteiger partial charge is 0.292 e. The van der Waals surface area contributed by atoms with Gasteiger partial charge in [-0.2, -0.15) is 18.4 Å². The molecule has 0 saturated heterocycles. The van der Waals surface area contributed by atoms with Gasteiger partial charge in [0.1, 0.15) is 5.82 Å². The van der Waals surface area contributed by atoms with E-state index in [0.717, 1.165) is 23.3 Å². The Labute approximate surface area is 151 Å². The van der Waals surface area contributed by atoms with Crippen LogP contribution in [0.2, 0.25) is 0 Å². The number of hydrogen-bond acceptors (Lipinski definition) is 3. The van der Waals surface area contributed by atoms with Crippen LogP contribution in [0.1, 0.15) is 28.9 Å². The fourth-order valence-corrected chi connectivity index (χ4v) is 3.19. The summed E-state index contributed by atoms with van der Waals surface area (Å²) in [5, 5.41) is 9.03. The van der Waals surface area contributed by atoms with Crippen molar-refractivity contribution in [2.75, 3.05) is 0 Å². The van der Waals surface area contributed by atoms with Crippen LogP contribution in [0.3, 0.4) is 0 Å². The van der Waals surface area contributed by atoms with E-state index < -0.39 is 11.7 Å². The molecular weight excluding hydrogens is 355 g/mol. The molecule has 0 saturated carbocycles. The summed E-state index contributed by atoms with van der Waals surface area (Å²) in [5.41, 5.74) is 0.999. The number of allylic oxidation sites excluding steroid dienone is 1. The van der Waals surface area contributed by atoms with Crippen molar-refractivity contribution in [2.24, 2.45) is 0 Å². The number of nitriles is 1. The molecule has 2 heterocycles. The Morgan fingerprint density at radius 2 is 1.89 bits per heavy atom. The molecule has 0 atom stereocenters. The average Bonchev–Trinajstić information content (AvgIpc) is 3.04. The van der Waals surface area contributed by atoms with Crippen LogP contribution in [0.15, 0.2) is 47.3 Å². The van der Waals surface area contributed by atoms with E-state index in [0.29, 0.717) is 24.4 Å². The molecule has 3 aromatic rings. The summed E-state index contributed by atoms with van der Waals surface area (Å²) in [7, 11) is 0. The molecule has 0 radical (unpaired) electrons. The van der Waals surface area contributed by atoms with Gasteiger partial charge in [0.15, 0.2) is 0 Å². The number of hydrogen-bond donors (Lipinski definition) is 0. The highest BCUT2D eigenvalue weighted by molar-refractivity contribution is 5.85. The van der Waals surface area contributed by atoms with E-state index in [1.54, 1.807) is 24.3 Å². The fourth-order valence-electron chi connectivity index (χ4n) is 3.19. The van der Waals surface area contributed by atoms with Gasteiger partial charge in [0.2, 0.25) is 0 Å². The highest BCUT2D eigenvalue weighted by Gasteiger charge is 2.31. The molecule has 4 rings (SSSR count). The topological polar surface area (TPSA) is 58.7 Å². The molecule has 2 aromatic carbocycles. The van der Waals surface area contributed by atoms with Crippen molar-refractivity contribution in [1.82, 2.24) is 9.55 Å². The maximum Gasteiger partial charge on any atom is 0.416 e. The van der Waals surface area contributed by atoms with Crippen molar-refractivity contribution in [1.29, 1.82) is 5.26 Å². The number of benzene rings is 2. The summed E-state index contributed by atoms with van der Waals surface area (Å²) in [4.78, 5) is 17.0. The minimum absolute atomic E-state index is 0.0358. The SMILES string of the molecule is N#Cc1ccc(/C=C2\CCn3c2nc2cc(C(F)(F)F)ccc2c3=O)cc1. The van der Waals surface area contributed by atoms with Crippen molar-refractivity contribution in [3.63, 3.8) is 0 Å². The fraction of sp³-hybridized carbons (Fsp3) is 0.150. The van der Waals surface area contributed by atoms with Crippen LogP contribution in [0.4, 0.5) is 13.2 Å². The zero-order valence-corrected chi connectivity index (χ0v) is 13.9. The number of alkyl halides is 3. The Bertz CT molecular complexity index is 1180. The number of halogens is 3. The molecule has 27 heavy (non-hydrogen) atoms. The van der Waals surface area contributed by atoms with E-state index in [1.807, 2.05) is 12.1 Å². The van der Waals surface area contributed by atoms with Gasteiger partial charge in [-0.1, -0.05) is 12.1 Å². The lowest BCUT2D eigenvalue weighted by atomic mass is 10.1. The molecule has 4 nitrogen and oxygen atoms in total. The van der Waals surface area contributed by atoms with Crippen LogP contribution in [-0.2, 0) is 12.7 Å². The zero-order valence-electron chi connectivity index (χ0n) is 13.9. The van der Waals surface area contributed by atoms with E-state index in [9.17, 15) is 18.0 Å². The molecule has 134 valence electrons. The Morgan fingerprint density at radius 3 is 2.56 bits per heavy atom. The largest absolute Gasteiger partial charge is 0.416 e. The van der Waals surface area contributed by atoms with Gasteiger partial charge in [-0.25, -0.2) is 4.98 Å². The van der Waals surface area contributed by atoms with Gasteiger partial charge in [-0.3, -0.25) is 9.36 Å². The van der Waals surface area contributed by atoms with Crippen molar-refractivity contribution in [2.45, 2.75) is 19.1 Å². The lowest BCUT2D eigenvalue weighted by molar-refractivity contribution is -0.137. The van der Waals surface area contributed by atoms with Gasteiger partial charge in [-0.05, 0) is 54.0 Å². The first-order valence-electron chi connectivity index (χ1n) is 8.20. The summed E-state index contributed by atoms with van der Waals surface area (Å²) >= 11 is 0. The highest BCUT2D eigenvalue weighted by atomic mass is 19.4. The van der Waals surface area contributed by atoms with Crippen molar-refractivity contribution >= 4 is 22.6 Å². The average molecular weight is 367 g/mol. The van der Waals surface area contributed by atoms with Crippen LogP contribution in [-0.4, -0.2) is 9.55 Å². The third-order valence-corrected chi connectivity index (χ3v) is 4.56. The summed E-state index contributed by atoms with van der Waals surface area (Å²) in [6.07, 6.45) is -2.09. The predicted octanol–water partition coefficient (Wildman–Crippen LogP) is 4.23. The molecule has 0 N–H and O–H groups in total. The van der Waals surface area contributed by atoms with Crippen LogP contribution in [0, 0.1) is 11.3 Å². The molecule has 0 fully saturated rings. The van der Waals surface area contributed by atoms with Crippen LogP contribution in [0.5, 0.6) is 0 Å². The van der Waals surface area contributed by atoms with E-state index in [1.165, 1.54) is 10.6 Å². The van der Waals surface area contributed by atoms with Crippen LogP contribution in [0.25, 0.3) is 22.6 Å². The van der Waals surface area contributed by atoms with Gasteiger partial charge in [0.05, 0.1) is 28.1 Å². The van der Waals surface area contributed by atoms with Crippen LogP contribution < -0.4 is 5.56 Å². The standard InChI is InChI=1S/C20H12F3N3O/c21-20(22,23)15-5-6-16-17(10-15)25-18-14(7-8-26(18)19(16)27)9-12-1-3-13(11-24)4-2-12/h1-6,9-10H,7-8H2/b14-9+. The monoisotopic (exact) mass is 367 g/mol. The van der Waals surface area contributed by atoms with Gasteiger partial charge < -0.3 is 0 Å². The Hall–Kier alpha value is -3.40. The third-order valence-electron chi connectivity index (χ3n) is 4.56. The summed E-state index contributed by atoms with van der Waals surface area (Å²) < 4.78 is 40.4. The zero-order chi connectivity index (χ0) is 19.2. The van der Waals surface area contributed by atoms with Crippen molar-refractivity contribution in [3.05, 3.63) is 75.3 Å². The summed E-state index contributed by atoms with van der Waals surface area (Å²) in [5.74, 6) is 0.385. The number of rotatable bonds is 1. The maximum absolute atomic E-state index is 13.0. The highest BCUT2D eigenvalue weighted by Crippen LogP contribution is 2.32. The van der Waals surface area contributed by atoms with E-state index >= 15 is 0 Å². The van der Waals surface area contributed by atoms with Gasteiger partial charge in [0.25, 0.3) is 5.56 Å². The van der Waals surface area contributed by atoms with E-state index in [4.69, 9.17) is 5.26 Å². The molecule has 0 amide bonds.